The zero-order valence-electron chi connectivity index (χ0n) is 14.2. The van der Waals surface area contributed by atoms with Crippen molar-refractivity contribution in [3.63, 3.8) is 0 Å². The number of amides is 1. The largest absolute Gasteiger partial charge is 0.495 e. The molecule has 4 aromatic rings. The minimum absolute atomic E-state index is 0.151. The van der Waals surface area contributed by atoms with E-state index < -0.39 is 0 Å². The van der Waals surface area contributed by atoms with Gasteiger partial charge in [0.1, 0.15) is 17.0 Å². The lowest BCUT2D eigenvalue weighted by molar-refractivity contribution is -0.116. The molecule has 6 nitrogen and oxygen atoms in total. The number of anilines is 1. The summed E-state index contributed by atoms with van der Waals surface area (Å²) in [6.07, 6.45) is 1.38. The number of hydrogen-bond donors (Lipinski definition) is 1. The second kappa shape index (κ2) is 7.02. The topological polar surface area (TPSA) is 73.2 Å². The standard InChI is InChI=1S/C19H14ClN3O3S/c1-26-13-7-3-2-6-12(13)22-15(24)9-23-10-21-17-16-11(20)5-4-8-14(16)27-18(17)19(23)25/h2-8,10H,9H2,1H3,(H,22,24). The Balaban J connectivity index is 1.67. The number of aromatic nitrogens is 2. The van der Waals surface area contributed by atoms with E-state index in [0.717, 1.165) is 10.1 Å². The Morgan fingerprint density at radius 2 is 2.07 bits per heavy atom. The number of carbonyl (C=O) groups is 1. The second-order valence-electron chi connectivity index (χ2n) is 5.82. The van der Waals surface area contributed by atoms with E-state index in [1.807, 2.05) is 18.2 Å². The highest BCUT2D eigenvalue weighted by atomic mass is 35.5. The molecule has 0 bridgehead atoms. The van der Waals surface area contributed by atoms with Crippen LogP contribution in [0.3, 0.4) is 0 Å². The van der Waals surface area contributed by atoms with Crippen LogP contribution in [0.5, 0.6) is 5.75 Å². The van der Waals surface area contributed by atoms with Crippen molar-refractivity contribution in [2.45, 2.75) is 6.54 Å². The summed E-state index contributed by atoms with van der Waals surface area (Å²) in [5, 5.41) is 4.07. The number of rotatable bonds is 4. The van der Waals surface area contributed by atoms with E-state index in [-0.39, 0.29) is 18.0 Å². The summed E-state index contributed by atoms with van der Waals surface area (Å²) in [7, 11) is 1.53. The lowest BCUT2D eigenvalue weighted by atomic mass is 10.2. The van der Waals surface area contributed by atoms with Gasteiger partial charge in [-0.1, -0.05) is 29.8 Å². The summed E-state index contributed by atoms with van der Waals surface area (Å²) >= 11 is 7.58. The van der Waals surface area contributed by atoms with Crippen LogP contribution < -0.4 is 15.6 Å². The zero-order valence-corrected chi connectivity index (χ0v) is 15.8. The van der Waals surface area contributed by atoms with Crippen molar-refractivity contribution < 1.29 is 9.53 Å². The Labute approximate surface area is 163 Å². The summed E-state index contributed by atoms with van der Waals surface area (Å²) in [6, 6.07) is 12.6. The number of carbonyl (C=O) groups excluding carboxylic acids is 1. The Morgan fingerprint density at radius 3 is 2.89 bits per heavy atom. The first-order valence-corrected chi connectivity index (χ1v) is 9.27. The van der Waals surface area contributed by atoms with E-state index in [0.29, 0.717) is 26.7 Å². The number of para-hydroxylation sites is 2. The highest BCUT2D eigenvalue weighted by Crippen LogP contribution is 2.35. The molecule has 8 heteroatoms. The fraction of sp³-hybridized carbons (Fsp3) is 0.105. The fourth-order valence-corrected chi connectivity index (χ4v) is 4.33. The van der Waals surface area contributed by atoms with Gasteiger partial charge in [-0.05, 0) is 24.3 Å². The van der Waals surface area contributed by atoms with Gasteiger partial charge >= 0.3 is 0 Å². The summed E-state index contributed by atoms with van der Waals surface area (Å²) in [5.41, 5.74) is 0.833. The normalized spacial score (nSPS) is 11.0. The average molecular weight is 400 g/mol. The van der Waals surface area contributed by atoms with Gasteiger partial charge in [0, 0.05) is 10.1 Å². The SMILES string of the molecule is COc1ccccc1NC(=O)Cn1cnc2c(sc3cccc(Cl)c32)c1=O. The minimum Gasteiger partial charge on any atom is -0.495 e. The van der Waals surface area contributed by atoms with Gasteiger partial charge in [-0.25, -0.2) is 4.98 Å². The number of nitrogens with zero attached hydrogens (tertiary/aromatic N) is 2. The number of hydrogen-bond acceptors (Lipinski definition) is 5. The van der Waals surface area contributed by atoms with E-state index in [2.05, 4.69) is 10.3 Å². The summed E-state index contributed by atoms with van der Waals surface area (Å²) in [5.74, 6) is 0.202. The molecule has 0 radical (unpaired) electrons. The number of ether oxygens (including phenoxy) is 1. The maximum atomic E-state index is 12.8. The van der Waals surface area contributed by atoms with Crippen LogP contribution in [0.2, 0.25) is 5.02 Å². The van der Waals surface area contributed by atoms with Gasteiger partial charge < -0.3 is 10.1 Å². The first kappa shape index (κ1) is 17.5. The monoisotopic (exact) mass is 399 g/mol. The molecule has 0 saturated heterocycles. The summed E-state index contributed by atoms with van der Waals surface area (Å²) < 4.78 is 7.87. The number of fused-ring (bicyclic) bond motifs is 3. The predicted molar refractivity (Wildman–Crippen MR) is 108 cm³/mol. The molecule has 0 spiro atoms. The lowest BCUT2D eigenvalue weighted by Gasteiger charge is -2.10. The molecular weight excluding hydrogens is 386 g/mol. The number of nitrogens with one attached hydrogen (secondary N) is 1. The Bertz CT molecular complexity index is 1230. The first-order valence-electron chi connectivity index (χ1n) is 8.07. The number of halogens is 1. The van der Waals surface area contributed by atoms with Gasteiger partial charge in [0.25, 0.3) is 5.56 Å². The maximum absolute atomic E-state index is 12.8. The van der Waals surface area contributed by atoms with Gasteiger partial charge in [0.05, 0.1) is 29.7 Å². The third-order valence-electron chi connectivity index (χ3n) is 4.12. The van der Waals surface area contributed by atoms with Crippen LogP contribution in [0.25, 0.3) is 20.3 Å². The highest BCUT2D eigenvalue weighted by molar-refractivity contribution is 7.25. The third-order valence-corrected chi connectivity index (χ3v) is 5.56. The van der Waals surface area contributed by atoms with Crippen LogP contribution in [-0.4, -0.2) is 22.6 Å². The van der Waals surface area contributed by atoms with Crippen molar-refractivity contribution in [1.82, 2.24) is 9.55 Å². The fourth-order valence-electron chi connectivity index (χ4n) is 2.87. The van der Waals surface area contributed by atoms with Crippen molar-refractivity contribution in [3.05, 3.63) is 64.2 Å². The molecule has 136 valence electrons. The molecule has 2 heterocycles. The van der Waals surface area contributed by atoms with Crippen LogP contribution in [0.4, 0.5) is 5.69 Å². The van der Waals surface area contributed by atoms with Crippen LogP contribution in [0, 0.1) is 0 Å². The van der Waals surface area contributed by atoms with Crippen molar-refractivity contribution >= 4 is 54.8 Å². The molecule has 4 rings (SSSR count). The minimum atomic E-state index is -0.345. The smallest absolute Gasteiger partial charge is 0.271 e. The van der Waals surface area contributed by atoms with Gasteiger partial charge in [0.15, 0.2) is 0 Å². The Morgan fingerprint density at radius 1 is 1.26 bits per heavy atom. The molecule has 27 heavy (non-hydrogen) atoms. The molecule has 0 aliphatic carbocycles. The molecule has 0 saturated carbocycles. The zero-order chi connectivity index (χ0) is 19.0. The van der Waals surface area contributed by atoms with Crippen LogP contribution >= 0.6 is 22.9 Å². The van der Waals surface area contributed by atoms with Crippen LogP contribution in [-0.2, 0) is 11.3 Å². The molecule has 0 fully saturated rings. The number of methoxy groups -OCH3 is 1. The first-order chi connectivity index (χ1) is 13.1. The predicted octanol–water partition coefficient (Wildman–Crippen LogP) is 3.91. The molecule has 1 N–H and O–H groups in total. The molecule has 0 atom stereocenters. The van der Waals surface area contributed by atoms with Crippen LogP contribution in [0.1, 0.15) is 0 Å². The van der Waals surface area contributed by atoms with Crippen LogP contribution in [0.15, 0.2) is 53.6 Å². The van der Waals surface area contributed by atoms with Crippen molar-refractivity contribution in [2.24, 2.45) is 0 Å². The quantitative estimate of drug-likeness (QED) is 0.564. The third kappa shape index (κ3) is 3.15. The second-order valence-corrected chi connectivity index (χ2v) is 7.28. The van der Waals surface area contributed by atoms with Crippen molar-refractivity contribution in [2.75, 3.05) is 12.4 Å². The Kier molecular flexibility index (Phi) is 4.55. The molecule has 0 unspecified atom stereocenters. The molecule has 0 aliphatic heterocycles. The molecule has 2 aromatic carbocycles. The van der Waals surface area contributed by atoms with E-state index in [1.54, 1.807) is 24.3 Å². The van der Waals surface area contributed by atoms with Gasteiger partial charge in [-0.2, -0.15) is 0 Å². The van der Waals surface area contributed by atoms with Gasteiger partial charge in [0.2, 0.25) is 5.91 Å². The summed E-state index contributed by atoms with van der Waals surface area (Å²) in [6.45, 7) is -0.151. The number of benzene rings is 2. The molecular formula is C19H14ClN3O3S. The van der Waals surface area contributed by atoms with E-state index in [4.69, 9.17) is 16.3 Å². The van der Waals surface area contributed by atoms with E-state index in [9.17, 15) is 9.59 Å². The van der Waals surface area contributed by atoms with Crippen molar-refractivity contribution in [3.8, 4) is 5.75 Å². The van der Waals surface area contributed by atoms with E-state index in [1.165, 1.54) is 29.3 Å². The van der Waals surface area contributed by atoms with E-state index >= 15 is 0 Å². The molecule has 2 aromatic heterocycles. The summed E-state index contributed by atoms with van der Waals surface area (Å²) in [4.78, 5) is 29.6. The average Bonchev–Trinajstić information content (AvgIpc) is 3.05. The van der Waals surface area contributed by atoms with Gasteiger partial charge in [-0.15, -0.1) is 11.3 Å². The highest BCUT2D eigenvalue weighted by Gasteiger charge is 2.15. The van der Waals surface area contributed by atoms with Gasteiger partial charge in [-0.3, -0.25) is 14.2 Å². The maximum Gasteiger partial charge on any atom is 0.271 e. The molecule has 0 aliphatic rings. The molecule has 1 amide bonds. The Hall–Kier alpha value is -2.90. The van der Waals surface area contributed by atoms with Crippen molar-refractivity contribution in [1.29, 1.82) is 0 Å². The lowest BCUT2D eigenvalue weighted by Crippen LogP contribution is -2.27. The number of thiophene rings is 1.